The first-order valence-electron chi connectivity index (χ1n) is 8.35. The molecule has 0 saturated carbocycles. The number of pyridine rings is 1. The number of unbranched alkanes of at least 4 members (excludes halogenated alkanes) is 2. The van der Waals surface area contributed by atoms with Crippen molar-refractivity contribution in [2.75, 3.05) is 0 Å². The molecule has 0 atom stereocenters. The molecule has 1 aromatic carbocycles. The summed E-state index contributed by atoms with van der Waals surface area (Å²) in [5.74, 6) is 0.162. The molecule has 0 amide bonds. The number of hydrogen-bond acceptors (Lipinski definition) is 4. The number of rotatable bonds is 6. The zero-order valence-corrected chi connectivity index (χ0v) is 13.8. The minimum Gasteiger partial charge on any atom is -0.507 e. The van der Waals surface area contributed by atoms with Gasteiger partial charge in [-0.05, 0) is 48.2 Å². The lowest BCUT2D eigenvalue weighted by Crippen LogP contribution is -2.08. The van der Waals surface area contributed by atoms with Crippen LogP contribution in [0, 0.1) is 0 Å². The van der Waals surface area contributed by atoms with Gasteiger partial charge in [-0.25, -0.2) is 4.79 Å². The molecule has 2 heterocycles. The molecule has 24 heavy (non-hydrogen) atoms. The molecule has 4 heteroatoms. The van der Waals surface area contributed by atoms with Gasteiger partial charge in [-0.1, -0.05) is 25.8 Å². The Morgan fingerprint density at radius 3 is 2.79 bits per heavy atom. The smallest absolute Gasteiger partial charge is 0.339 e. The summed E-state index contributed by atoms with van der Waals surface area (Å²) in [7, 11) is 0. The van der Waals surface area contributed by atoms with Crippen LogP contribution >= 0.6 is 0 Å². The summed E-state index contributed by atoms with van der Waals surface area (Å²) in [6.07, 6.45) is 8.07. The van der Waals surface area contributed by atoms with Gasteiger partial charge >= 0.3 is 5.63 Å². The van der Waals surface area contributed by atoms with Crippen LogP contribution in [0.4, 0.5) is 0 Å². The van der Waals surface area contributed by atoms with Crippen LogP contribution in [0.25, 0.3) is 11.0 Å². The monoisotopic (exact) mass is 323 g/mol. The van der Waals surface area contributed by atoms with Crippen molar-refractivity contribution in [3.05, 3.63) is 69.8 Å². The highest BCUT2D eigenvalue weighted by Crippen LogP contribution is 2.27. The molecule has 0 fully saturated rings. The molecule has 0 bridgehead atoms. The Morgan fingerprint density at radius 2 is 2.04 bits per heavy atom. The van der Waals surface area contributed by atoms with Crippen molar-refractivity contribution in [3.63, 3.8) is 0 Å². The number of benzene rings is 1. The zero-order chi connectivity index (χ0) is 16.9. The van der Waals surface area contributed by atoms with Gasteiger partial charge in [0.05, 0.1) is 5.39 Å². The van der Waals surface area contributed by atoms with E-state index in [0.29, 0.717) is 23.0 Å². The Hall–Kier alpha value is -2.62. The van der Waals surface area contributed by atoms with Crippen LogP contribution in [0.5, 0.6) is 5.75 Å². The third kappa shape index (κ3) is 3.65. The van der Waals surface area contributed by atoms with E-state index in [-0.39, 0.29) is 11.4 Å². The lowest BCUT2D eigenvalue weighted by molar-refractivity contribution is 0.477. The third-order valence-corrected chi connectivity index (χ3v) is 4.15. The highest BCUT2D eigenvalue weighted by molar-refractivity contribution is 5.84. The van der Waals surface area contributed by atoms with E-state index >= 15 is 0 Å². The van der Waals surface area contributed by atoms with E-state index < -0.39 is 0 Å². The molecule has 0 aliphatic carbocycles. The number of phenols is 1. The second-order valence-electron chi connectivity index (χ2n) is 6.08. The molecule has 3 aromatic rings. The molecule has 4 nitrogen and oxygen atoms in total. The van der Waals surface area contributed by atoms with Gasteiger partial charge in [0.25, 0.3) is 0 Å². The molecule has 0 aliphatic rings. The maximum absolute atomic E-state index is 12.3. The molecular formula is C20H21NO3. The molecule has 0 aliphatic heterocycles. The second-order valence-corrected chi connectivity index (χ2v) is 6.08. The van der Waals surface area contributed by atoms with E-state index in [2.05, 4.69) is 11.9 Å². The lowest BCUT2D eigenvalue weighted by atomic mass is 10.0. The standard InChI is InChI=1S/C20H21NO3/c1-2-3-4-6-14-10-18(22)17-12-16(20(23)24-19(17)11-14)9-15-7-5-8-21-13-15/h5,7-8,10-13,22H,2-4,6,9H2,1H3. The molecule has 0 spiro atoms. The number of hydrogen-bond donors (Lipinski definition) is 1. The van der Waals surface area contributed by atoms with Crippen molar-refractivity contribution < 1.29 is 9.52 Å². The predicted molar refractivity (Wildman–Crippen MR) is 94.4 cm³/mol. The summed E-state index contributed by atoms with van der Waals surface area (Å²) < 4.78 is 5.46. The van der Waals surface area contributed by atoms with Crippen molar-refractivity contribution in [1.29, 1.82) is 0 Å². The van der Waals surface area contributed by atoms with Gasteiger partial charge in [0.1, 0.15) is 11.3 Å². The van der Waals surface area contributed by atoms with Crippen LogP contribution in [0.2, 0.25) is 0 Å². The maximum Gasteiger partial charge on any atom is 0.339 e. The van der Waals surface area contributed by atoms with E-state index in [1.807, 2.05) is 18.2 Å². The van der Waals surface area contributed by atoms with E-state index in [9.17, 15) is 9.90 Å². The first-order valence-corrected chi connectivity index (χ1v) is 8.35. The maximum atomic E-state index is 12.3. The average Bonchev–Trinajstić information content (AvgIpc) is 2.57. The van der Waals surface area contributed by atoms with Gasteiger partial charge in [-0.15, -0.1) is 0 Å². The summed E-state index contributed by atoms with van der Waals surface area (Å²) in [4.78, 5) is 16.3. The van der Waals surface area contributed by atoms with Crippen molar-refractivity contribution in [2.45, 2.75) is 39.0 Å². The molecule has 3 rings (SSSR count). The number of aromatic hydroxyl groups is 1. The highest BCUT2D eigenvalue weighted by atomic mass is 16.4. The van der Waals surface area contributed by atoms with Crippen LogP contribution in [-0.2, 0) is 12.8 Å². The van der Waals surface area contributed by atoms with Crippen molar-refractivity contribution in [1.82, 2.24) is 4.98 Å². The largest absolute Gasteiger partial charge is 0.507 e. The van der Waals surface area contributed by atoms with Crippen LogP contribution in [0.3, 0.4) is 0 Å². The van der Waals surface area contributed by atoms with E-state index in [4.69, 9.17) is 4.42 Å². The summed E-state index contributed by atoms with van der Waals surface area (Å²) in [5.41, 5.74) is 2.53. The van der Waals surface area contributed by atoms with E-state index in [1.165, 1.54) is 0 Å². The minimum absolute atomic E-state index is 0.162. The Balaban J connectivity index is 1.94. The molecule has 2 aromatic heterocycles. The summed E-state index contributed by atoms with van der Waals surface area (Å²) in [6.45, 7) is 2.15. The second kappa shape index (κ2) is 7.30. The SMILES string of the molecule is CCCCCc1cc(O)c2cc(Cc3cccnc3)c(=O)oc2c1. The normalized spacial score (nSPS) is 11.0. The van der Waals surface area contributed by atoms with Crippen LogP contribution < -0.4 is 5.63 Å². The molecular weight excluding hydrogens is 302 g/mol. The quantitative estimate of drug-likeness (QED) is 0.545. The molecule has 0 radical (unpaired) electrons. The lowest BCUT2D eigenvalue weighted by Gasteiger charge is -2.07. The fourth-order valence-corrected chi connectivity index (χ4v) is 2.86. The summed E-state index contributed by atoms with van der Waals surface area (Å²) in [6, 6.07) is 9.09. The zero-order valence-electron chi connectivity index (χ0n) is 13.8. The first kappa shape index (κ1) is 16.2. The summed E-state index contributed by atoms with van der Waals surface area (Å²) in [5, 5.41) is 10.9. The topological polar surface area (TPSA) is 63.3 Å². The van der Waals surface area contributed by atoms with Crippen molar-refractivity contribution >= 4 is 11.0 Å². The number of phenolic OH excluding ortho intramolecular Hbond substituents is 1. The van der Waals surface area contributed by atoms with Crippen LogP contribution in [0.15, 0.2) is 51.9 Å². The summed E-state index contributed by atoms with van der Waals surface area (Å²) >= 11 is 0. The molecule has 124 valence electrons. The average molecular weight is 323 g/mol. The van der Waals surface area contributed by atoms with Gasteiger partial charge in [0, 0.05) is 24.4 Å². The fraction of sp³-hybridized carbons (Fsp3) is 0.300. The Kier molecular flexibility index (Phi) is 4.94. The van der Waals surface area contributed by atoms with Gasteiger partial charge in [0.2, 0.25) is 0 Å². The fourth-order valence-electron chi connectivity index (χ4n) is 2.86. The predicted octanol–water partition coefficient (Wildman–Crippen LogP) is 4.22. The van der Waals surface area contributed by atoms with Crippen molar-refractivity contribution in [3.8, 4) is 5.75 Å². The first-order chi connectivity index (χ1) is 11.7. The molecule has 1 N–H and O–H groups in total. The number of nitrogens with zero attached hydrogens (tertiary/aromatic N) is 1. The highest BCUT2D eigenvalue weighted by Gasteiger charge is 2.11. The van der Waals surface area contributed by atoms with Crippen LogP contribution in [0.1, 0.15) is 42.9 Å². The number of fused-ring (bicyclic) bond motifs is 1. The number of aryl methyl sites for hydroxylation is 1. The van der Waals surface area contributed by atoms with Crippen LogP contribution in [-0.4, -0.2) is 10.1 Å². The Labute approximate surface area is 140 Å². The van der Waals surface area contributed by atoms with Crippen molar-refractivity contribution in [2.24, 2.45) is 0 Å². The Bertz CT molecular complexity index is 885. The molecule has 0 saturated heterocycles. The van der Waals surface area contributed by atoms with Gasteiger partial charge < -0.3 is 9.52 Å². The Morgan fingerprint density at radius 1 is 1.17 bits per heavy atom. The third-order valence-electron chi connectivity index (χ3n) is 4.15. The van der Waals surface area contributed by atoms with Gasteiger partial charge in [-0.2, -0.15) is 0 Å². The van der Waals surface area contributed by atoms with Gasteiger partial charge in [0.15, 0.2) is 0 Å². The van der Waals surface area contributed by atoms with E-state index in [1.54, 1.807) is 24.5 Å². The minimum atomic E-state index is -0.364. The molecule has 0 unspecified atom stereocenters. The van der Waals surface area contributed by atoms with E-state index in [0.717, 1.165) is 36.8 Å². The number of aromatic nitrogens is 1. The van der Waals surface area contributed by atoms with Gasteiger partial charge in [-0.3, -0.25) is 4.98 Å².